The van der Waals surface area contributed by atoms with Gasteiger partial charge in [0.2, 0.25) is 0 Å². The van der Waals surface area contributed by atoms with E-state index < -0.39 is 0 Å². The number of nitrogens with zero attached hydrogens (tertiary/aromatic N) is 2. The molecule has 1 heterocycles. The molecule has 0 spiro atoms. The topological polar surface area (TPSA) is 36.3 Å². The minimum Gasteiger partial charge on any atom is -0.497 e. The van der Waals surface area contributed by atoms with Crippen LogP contribution in [0.2, 0.25) is 5.02 Å². The predicted molar refractivity (Wildman–Crippen MR) is 123 cm³/mol. The van der Waals surface area contributed by atoms with Gasteiger partial charge in [-0.3, -0.25) is 0 Å². The Hall–Kier alpha value is -2.61. The van der Waals surface area contributed by atoms with Gasteiger partial charge in [0.1, 0.15) is 5.75 Å². The quantitative estimate of drug-likeness (QED) is 0.507. The average molecular weight is 423 g/mol. The van der Waals surface area contributed by atoms with E-state index in [2.05, 4.69) is 43.3 Å². The summed E-state index contributed by atoms with van der Waals surface area (Å²) in [6.07, 6.45) is 3.01. The number of allylic oxidation sites excluding steroid dienone is 2. The van der Waals surface area contributed by atoms with E-state index in [-0.39, 0.29) is 0 Å². The molecule has 0 fully saturated rings. The van der Waals surface area contributed by atoms with Crippen LogP contribution in [-0.2, 0) is 0 Å². The van der Waals surface area contributed by atoms with Crippen molar-refractivity contribution in [2.45, 2.75) is 27.2 Å². The SMILES string of the molecule is CCC(C)=C(c1ccc(C#N)cc1)N1C=CS/C1=C(/C)c1cc(OC)ccc1Cl. The first kappa shape index (κ1) is 21.1. The molecular weight excluding hydrogens is 400 g/mol. The van der Waals surface area contributed by atoms with Gasteiger partial charge in [-0.1, -0.05) is 42.4 Å². The van der Waals surface area contributed by atoms with Crippen molar-refractivity contribution in [2.24, 2.45) is 0 Å². The van der Waals surface area contributed by atoms with Crippen molar-refractivity contribution in [1.82, 2.24) is 4.90 Å². The van der Waals surface area contributed by atoms with Crippen LogP contribution in [0.5, 0.6) is 5.75 Å². The molecule has 29 heavy (non-hydrogen) atoms. The monoisotopic (exact) mass is 422 g/mol. The maximum absolute atomic E-state index is 9.13. The Kier molecular flexibility index (Phi) is 6.74. The van der Waals surface area contributed by atoms with E-state index in [1.807, 2.05) is 42.5 Å². The number of nitriles is 1. The maximum Gasteiger partial charge on any atom is 0.119 e. The fourth-order valence-corrected chi connectivity index (χ4v) is 4.34. The van der Waals surface area contributed by atoms with Gasteiger partial charge >= 0.3 is 0 Å². The Morgan fingerprint density at radius 1 is 1.17 bits per heavy atom. The largest absolute Gasteiger partial charge is 0.497 e. The van der Waals surface area contributed by atoms with Crippen LogP contribution in [0.1, 0.15) is 43.9 Å². The Morgan fingerprint density at radius 2 is 1.90 bits per heavy atom. The summed E-state index contributed by atoms with van der Waals surface area (Å²) in [5.41, 5.74) is 6.17. The van der Waals surface area contributed by atoms with Crippen molar-refractivity contribution in [3.8, 4) is 11.8 Å². The van der Waals surface area contributed by atoms with Gasteiger partial charge in [-0.25, -0.2) is 0 Å². The molecule has 0 bridgehead atoms. The number of rotatable bonds is 5. The van der Waals surface area contributed by atoms with Gasteiger partial charge in [-0.05, 0) is 72.7 Å². The Bertz CT molecular complexity index is 1050. The van der Waals surface area contributed by atoms with Crippen LogP contribution >= 0.6 is 23.4 Å². The standard InChI is InChI=1S/C24H23ClN2OS/c1-5-16(2)23(19-8-6-18(15-26)7-9-19)27-12-13-29-24(27)17(3)21-14-20(28-4)10-11-22(21)25/h6-14H,5H2,1-4H3/b23-16?,24-17-. The first-order chi connectivity index (χ1) is 14.0. The highest BCUT2D eigenvalue weighted by molar-refractivity contribution is 8.06. The zero-order chi connectivity index (χ0) is 21.0. The number of methoxy groups -OCH3 is 1. The molecule has 0 saturated heterocycles. The average Bonchev–Trinajstić information content (AvgIpc) is 3.23. The van der Waals surface area contributed by atoms with Crippen molar-refractivity contribution in [2.75, 3.05) is 7.11 Å². The Morgan fingerprint density at radius 3 is 2.52 bits per heavy atom. The molecule has 5 heteroatoms. The lowest BCUT2D eigenvalue weighted by atomic mass is 10.0. The normalized spacial score (nSPS) is 15.8. The summed E-state index contributed by atoms with van der Waals surface area (Å²) in [4.78, 5) is 2.22. The molecule has 0 aliphatic carbocycles. The lowest BCUT2D eigenvalue weighted by Crippen LogP contribution is -2.13. The molecule has 0 N–H and O–H groups in total. The van der Waals surface area contributed by atoms with Crippen molar-refractivity contribution < 1.29 is 4.74 Å². The fraction of sp³-hybridized carbons (Fsp3) is 0.208. The molecule has 148 valence electrons. The van der Waals surface area contributed by atoms with E-state index >= 15 is 0 Å². The molecule has 0 atom stereocenters. The Labute approximate surface area is 181 Å². The molecule has 2 aromatic carbocycles. The van der Waals surface area contributed by atoms with Gasteiger partial charge in [0.25, 0.3) is 0 Å². The number of benzene rings is 2. The zero-order valence-electron chi connectivity index (χ0n) is 17.0. The number of ether oxygens (including phenoxy) is 1. The minimum atomic E-state index is 0.656. The van der Waals surface area contributed by atoms with E-state index in [9.17, 15) is 0 Å². The highest BCUT2D eigenvalue weighted by Gasteiger charge is 2.23. The number of halogens is 1. The molecule has 0 aromatic heterocycles. The van der Waals surface area contributed by atoms with Gasteiger partial charge in [-0.15, -0.1) is 0 Å². The first-order valence-electron chi connectivity index (χ1n) is 9.37. The summed E-state index contributed by atoms with van der Waals surface area (Å²) in [6.45, 7) is 6.39. The maximum atomic E-state index is 9.13. The number of hydrogen-bond donors (Lipinski definition) is 0. The predicted octanol–water partition coefficient (Wildman–Crippen LogP) is 7.27. The number of hydrogen-bond acceptors (Lipinski definition) is 4. The molecule has 0 amide bonds. The smallest absolute Gasteiger partial charge is 0.119 e. The lowest BCUT2D eigenvalue weighted by Gasteiger charge is -2.26. The highest BCUT2D eigenvalue weighted by Crippen LogP contribution is 2.43. The minimum absolute atomic E-state index is 0.656. The summed E-state index contributed by atoms with van der Waals surface area (Å²) >= 11 is 8.19. The zero-order valence-corrected chi connectivity index (χ0v) is 18.6. The third-order valence-corrected chi connectivity index (χ3v) is 6.28. The molecule has 1 aliphatic heterocycles. The summed E-state index contributed by atoms with van der Waals surface area (Å²) in [5, 5.41) is 13.0. The van der Waals surface area contributed by atoms with Crippen molar-refractivity contribution in [3.05, 3.63) is 86.4 Å². The van der Waals surface area contributed by atoms with Gasteiger partial charge in [0, 0.05) is 16.8 Å². The summed E-state index contributed by atoms with van der Waals surface area (Å²) in [6, 6.07) is 15.6. The molecule has 3 rings (SSSR count). The van der Waals surface area contributed by atoms with E-state index in [4.69, 9.17) is 21.6 Å². The third kappa shape index (κ3) is 4.37. The molecule has 0 radical (unpaired) electrons. The molecule has 3 nitrogen and oxygen atoms in total. The van der Waals surface area contributed by atoms with Gasteiger partial charge in [0.05, 0.1) is 29.5 Å². The van der Waals surface area contributed by atoms with Gasteiger partial charge in [0.15, 0.2) is 0 Å². The van der Waals surface area contributed by atoms with Crippen molar-refractivity contribution >= 4 is 34.6 Å². The van der Waals surface area contributed by atoms with Crippen LogP contribution in [0.25, 0.3) is 11.3 Å². The second-order valence-electron chi connectivity index (χ2n) is 6.72. The van der Waals surface area contributed by atoms with Crippen molar-refractivity contribution in [3.63, 3.8) is 0 Å². The van der Waals surface area contributed by atoms with Crippen LogP contribution in [0.3, 0.4) is 0 Å². The Balaban J connectivity index is 2.12. The van der Waals surface area contributed by atoms with Gasteiger partial charge < -0.3 is 9.64 Å². The molecule has 0 unspecified atom stereocenters. The lowest BCUT2D eigenvalue weighted by molar-refractivity contribution is 0.414. The van der Waals surface area contributed by atoms with Crippen LogP contribution in [0.15, 0.2) is 64.7 Å². The fourth-order valence-electron chi connectivity index (χ4n) is 3.22. The molecule has 1 aliphatic rings. The summed E-state index contributed by atoms with van der Waals surface area (Å²) < 4.78 is 5.39. The summed E-state index contributed by atoms with van der Waals surface area (Å²) in [7, 11) is 1.66. The van der Waals surface area contributed by atoms with E-state index in [0.29, 0.717) is 10.6 Å². The highest BCUT2D eigenvalue weighted by atomic mass is 35.5. The van der Waals surface area contributed by atoms with Crippen LogP contribution in [0.4, 0.5) is 0 Å². The van der Waals surface area contributed by atoms with Crippen LogP contribution < -0.4 is 4.74 Å². The number of thioether (sulfide) groups is 1. The van der Waals surface area contributed by atoms with E-state index in [1.165, 1.54) is 5.57 Å². The molecule has 2 aromatic rings. The van der Waals surface area contributed by atoms with Gasteiger partial charge in [-0.2, -0.15) is 5.26 Å². The van der Waals surface area contributed by atoms with E-state index in [0.717, 1.165) is 39.6 Å². The van der Waals surface area contributed by atoms with Crippen LogP contribution in [0, 0.1) is 11.3 Å². The van der Waals surface area contributed by atoms with E-state index in [1.54, 1.807) is 18.9 Å². The second-order valence-corrected chi connectivity index (χ2v) is 8.02. The van der Waals surface area contributed by atoms with Crippen molar-refractivity contribution in [1.29, 1.82) is 5.26 Å². The molecule has 0 saturated carbocycles. The third-order valence-electron chi connectivity index (χ3n) is 4.97. The first-order valence-corrected chi connectivity index (χ1v) is 10.6. The second kappa shape index (κ2) is 9.26. The molecular formula is C24H23ClN2OS. The van der Waals surface area contributed by atoms with Crippen LogP contribution in [-0.4, -0.2) is 12.0 Å². The summed E-state index contributed by atoms with van der Waals surface area (Å²) in [5.74, 6) is 0.777.